The number of hydrogen-bond donors (Lipinski definition) is 1. The molecule has 1 aromatic rings. The van der Waals surface area contributed by atoms with Crippen LogP contribution in [0.3, 0.4) is 0 Å². The van der Waals surface area contributed by atoms with E-state index >= 15 is 0 Å². The molecule has 0 aliphatic carbocycles. The summed E-state index contributed by atoms with van der Waals surface area (Å²) in [6.07, 6.45) is 1.10. The Labute approximate surface area is 120 Å². The van der Waals surface area contributed by atoms with Crippen molar-refractivity contribution in [1.29, 1.82) is 0 Å². The molecule has 0 amide bonds. The van der Waals surface area contributed by atoms with Crippen molar-refractivity contribution in [3.8, 4) is 17.6 Å². The monoisotopic (exact) mass is 275 g/mol. The molecule has 2 N–H and O–H groups in total. The molecule has 0 aromatic heterocycles. The van der Waals surface area contributed by atoms with Gasteiger partial charge < -0.3 is 19.9 Å². The molecule has 20 heavy (non-hydrogen) atoms. The van der Waals surface area contributed by atoms with Gasteiger partial charge in [0, 0.05) is 18.1 Å². The number of ether oxygens (including phenoxy) is 3. The minimum atomic E-state index is 0.365. The topological polar surface area (TPSA) is 53.7 Å². The minimum Gasteiger partial charge on any atom is -0.491 e. The highest BCUT2D eigenvalue weighted by Gasteiger charge is 2.15. The summed E-state index contributed by atoms with van der Waals surface area (Å²) in [4.78, 5) is 0. The molecule has 1 fully saturated rings. The number of rotatable bonds is 6. The average molecular weight is 275 g/mol. The van der Waals surface area contributed by atoms with E-state index in [1.54, 1.807) is 0 Å². The van der Waals surface area contributed by atoms with Gasteiger partial charge in [-0.25, -0.2) is 0 Å². The smallest absolute Gasteiger partial charge is 0.120 e. The molecular weight excluding hydrogens is 254 g/mol. The summed E-state index contributed by atoms with van der Waals surface area (Å²) in [6.45, 7) is 3.94. The van der Waals surface area contributed by atoms with Crippen molar-refractivity contribution in [2.45, 2.75) is 6.42 Å². The highest BCUT2D eigenvalue weighted by Crippen LogP contribution is 2.13. The lowest BCUT2D eigenvalue weighted by atomic mass is 10.1. The summed E-state index contributed by atoms with van der Waals surface area (Å²) in [7, 11) is 0. The average Bonchev–Trinajstić information content (AvgIpc) is 2.98. The fraction of sp³-hybridized carbons (Fsp3) is 0.500. The van der Waals surface area contributed by atoms with Gasteiger partial charge in [-0.2, -0.15) is 0 Å². The summed E-state index contributed by atoms with van der Waals surface area (Å²) in [5.41, 5.74) is 6.26. The Morgan fingerprint density at radius 3 is 3.10 bits per heavy atom. The zero-order valence-corrected chi connectivity index (χ0v) is 11.6. The molecule has 1 atom stereocenters. The van der Waals surface area contributed by atoms with E-state index in [0.29, 0.717) is 25.7 Å². The molecule has 1 heterocycles. The van der Waals surface area contributed by atoms with Crippen LogP contribution in [0, 0.1) is 17.8 Å². The Balaban J connectivity index is 1.65. The SMILES string of the molecule is NCC#Cc1cccc(OCCOCC2CCOC2)c1. The summed E-state index contributed by atoms with van der Waals surface area (Å²) in [6, 6.07) is 7.69. The van der Waals surface area contributed by atoms with Crippen LogP contribution in [0.2, 0.25) is 0 Å². The highest BCUT2D eigenvalue weighted by molar-refractivity contribution is 5.39. The van der Waals surface area contributed by atoms with Gasteiger partial charge in [-0.15, -0.1) is 0 Å². The largest absolute Gasteiger partial charge is 0.491 e. The van der Waals surface area contributed by atoms with Crippen molar-refractivity contribution in [2.75, 3.05) is 39.6 Å². The first-order chi connectivity index (χ1) is 9.88. The molecule has 2 rings (SSSR count). The predicted octanol–water partition coefficient (Wildman–Crippen LogP) is 1.43. The standard InChI is InChI=1S/C16H21NO3/c17-7-2-4-14-3-1-5-16(11-14)20-10-9-19-13-15-6-8-18-12-15/h1,3,5,11,15H,6-10,12-13,17H2. The number of nitrogens with two attached hydrogens (primary N) is 1. The molecule has 1 aromatic carbocycles. The molecule has 0 bridgehead atoms. The van der Waals surface area contributed by atoms with Crippen molar-refractivity contribution < 1.29 is 14.2 Å². The van der Waals surface area contributed by atoms with Gasteiger partial charge in [-0.1, -0.05) is 17.9 Å². The Morgan fingerprint density at radius 1 is 1.35 bits per heavy atom. The van der Waals surface area contributed by atoms with Crippen LogP contribution in [0.5, 0.6) is 5.75 Å². The molecular formula is C16H21NO3. The Hall–Kier alpha value is -1.54. The first-order valence-electron chi connectivity index (χ1n) is 6.96. The quantitative estimate of drug-likeness (QED) is 0.630. The van der Waals surface area contributed by atoms with Gasteiger partial charge in [0.05, 0.1) is 26.4 Å². The van der Waals surface area contributed by atoms with Crippen LogP contribution in [0.1, 0.15) is 12.0 Å². The first-order valence-corrected chi connectivity index (χ1v) is 6.96. The summed E-state index contributed by atoms with van der Waals surface area (Å²) in [5.74, 6) is 7.16. The second-order valence-corrected chi connectivity index (χ2v) is 4.69. The van der Waals surface area contributed by atoms with E-state index < -0.39 is 0 Å². The molecule has 4 nitrogen and oxygen atoms in total. The predicted molar refractivity (Wildman–Crippen MR) is 77.6 cm³/mol. The van der Waals surface area contributed by atoms with Crippen molar-refractivity contribution in [3.05, 3.63) is 29.8 Å². The fourth-order valence-electron chi connectivity index (χ4n) is 2.00. The van der Waals surface area contributed by atoms with Crippen LogP contribution in [-0.4, -0.2) is 39.6 Å². The molecule has 0 saturated carbocycles. The van der Waals surface area contributed by atoms with Crippen molar-refractivity contribution in [3.63, 3.8) is 0 Å². The third-order valence-corrected chi connectivity index (χ3v) is 3.04. The Kier molecular flexibility index (Phi) is 6.39. The normalized spacial score (nSPS) is 17.6. The molecule has 0 spiro atoms. The van der Waals surface area contributed by atoms with Gasteiger partial charge in [0.25, 0.3) is 0 Å². The van der Waals surface area contributed by atoms with Crippen LogP contribution in [0.4, 0.5) is 0 Å². The van der Waals surface area contributed by atoms with Gasteiger partial charge in [0.2, 0.25) is 0 Å². The molecule has 0 radical (unpaired) electrons. The fourth-order valence-corrected chi connectivity index (χ4v) is 2.00. The van der Waals surface area contributed by atoms with Gasteiger partial charge in [0.1, 0.15) is 12.4 Å². The van der Waals surface area contributed by atoms with E-state index in [9.17, 15) is 0 Å². The third kappa shape index (κ3) is 5.22. The lowest BCUT2D eigenvalue weighted by molar-refractivity contribution is 0.0684. The maximum absolute atomic E-state index is 5.64. The lowest BCUT2D eigenvalue weighted by Gasteiger charge is -2.10. The minimum absolute atomic E-state index is 0.365. The molecule has 1 aliphatic rings. The van der Waals surface area contributed by atoms with E-state index in [0.717, 1.165) is 37.6 Å². The highest BCUT2D eigenvalue weighted by atomic mass is 16.5. The van der Waals surface area contributed by atoms with Crippen molar-refractivity contribution >= 4 is 0 Å². The van der Waals surface area contributed by atoms with E-state index in [1.807, 2.05) is 24.3 Å². The van der Waals surface area contributed by atoms with Gasteiger partial charge in [0.15, 0.2) is 0 Å². The van der Waals surface area contributed by atoms with E-state index in [4.69, 9.17) is 19.9 Å². The zero-order chi connectivity index (χ0) is 14.0. The van der Waals surface area contributed by atoms with Gasteiger partial charge in [-0.3, -0.25) is 0 Å². The maximum Gasteiger partial charge on any atom is 0.120 e. The van der Waals surface area contributed by atoms with Crippen LogP contribution < -0.4 is 10.5 Å². The second kappa shape index (κ2) is 8.60. The molecule has 4 heteroatoms. The number of benzene rings is 1. The molecule has 108 valence electrons. The van der Waals surface area contributed by atoms with Gasteiger partial charge in [-0.05, 0) is 24.6 Å². The number of hydrogen-bond acceptors (Lipinski definition) is 4. The summed E-state index contributed by atoms with van der Waals surface area (Å²) >= 11 is 0. The second-order valence-electron chi connectivity index (χ2n) is 4.69. The van der Waals surface area contributed by atoms with Crippen LogP contribution >= 0.6 is 0 Å². The van der Waals surface area contributed by atoms with Gasteiger partial charge >= 0.3 is 0 Å². The van der Waals surface area contributed by atoms with E-state index in [-0.39, 0.29) is 0 Å². The lowest BCUT2D eigenvalue weighted by Crippen LogP contribution is -2.13. The Bertz CT molecular complexity index is 458. The van der Waals surface area contributed by atoms with Crippen LogP contribution in [-0.2, 0) is 9.47 Å². The van der Waals surface area contributed by atoms with Crippen LogP contribution in [0.15, 0.2) is 24.3 Å². The van der Waals surface area contributed by atoms with E-state index in [1.165, 1.54) is 0 Å². The Morgan fingerprint density at radius 2 is 2.30 bits per heavy atom. The van der Waals surface area contributed by atoms with Crippen LogP contribution in [0.25, 0.3) is 0 Å². The summed E-state index contributed by atoms with van der Waals surface area (Å²) < 4.78 is 16.5. The first kappa shape index (κ1) is 14.9. The van der Waals surface area contributed by atoms with Crippen molar-refractivity contribution in [2.24, 2.45) is 11.7 Å². The third-order valence-electron chi connectivity index (χ3n) is 3.04. The zero-order valence-electron chi connectivity index (χ0n) is 11.6. The van der Waals surface area contributed by atoms with E-state index in [2.05, 4.69) is 11.8 Å². The molecule has 1 saturated heterocycles. The summed E-state index contributed by atoms with van der Waals surface area (Å²) in [5, 5.41) is 0. The molecule has 1 aliphatic heterocycles. The maximum atomic E-state index is 5.64. The van der Waals surface area contributed by atoms with Crippen molar-refractivity contribution in [1.82, 2.24) is 0 Å². The molecule has 1 unspecified atom stereocenters.